The Morgan fingerprint density at radius 1 is 1.36 bits per heavy atom. The SMILES string of the molecule is C=C1C[C@@H]2[C@@H](C(O)C[C@@]3(C)[C@H]2CCC3(O)C#N)[C@@]2(C)CCC(=O)C=C12. The van der Waals surface area contributed by atoms with Crippen molar-refractivity contribution in [3.8, 4) is 6.07 Å². The minimum absolute atomic E-state index is 0.0662. The van der Waals surface area contributed by atoms with Gasteiger partial charge >= 0.3 is 0 Å². The van der Waals surface area contributed by atoms with Crippen LogP contribution in [0, 0.1) is 39.9 Å². The third-order valence-corrected chi connectivity index (χ3v) is 8.20. The molecule has 0 saturated heterocycles. The number of rotatable bonds is 0. The molecule has 0 spiro atoms. The molecule has 3 saturated carbocycles. The van der Waals surface area contributed by atoms with Gasteiger partial charge in [-0.15, -0.1) is 0 Å². The van der Waals surface area contributed by atoms with Crippen molar-refractivity contribution in [2.45, 2.75) is 64.1 Å². The monoisotopic (exact) mass is 341 g/mol. The molecule has 0 bridgehead atoms. The number of fused-ring (bicyclic) bond motifs is 5. The van der Waals surface area contributed by atoms with Gasteiger partial charge in [0.1, 0.15) is 0 Å². The molecule has 7 atom stereocenters. The number of aliphatic hydroxyl groups excluding tert-OH is 1. The molecule has 134 valence electrons. The van der Waals surface area contributed by atoms with Crippen molar-refractivity contribution in [3.63, 3.8) is 0 Å². The number of hydrogen-bond acceptors (Lipinski definition) is 4. The number of carbonyl (C=O) groups is 1. The molecule has 4 heteroatoms. The zero-order valence-corrected chi connectivity index (χ0v) is 15.1. The average molecular weight is 341 g/mol. The molecule has 4 nitrogen and oxygen atoms in total. The van der Waals surface area contributed by atoms with Crippen molar-refractivity contribution in [1.82, 2.24) is 0 Å². The highest BCUT2D eigenvalue weighted by atomic mass is 16.3. The van der Waals surface area contributed by atoms with E-state index in [-0.39, 0.29) is 29.0 Å². The summed E-state index contributed by atoms with van der Waals surface area (Å²) in [6, 6.07) is 2.14. The summed E-state index contributed by atoms with van der Waals surface area (Å²) in [4.78, 5) is 12.0. The molecule has 0 heterocycles. The van der Waals surface area contributed by atoms with Gasteiger partial charge in [-0.25, -0.2) is 0 Å². The van der Waals surface area contributed by atoms with E-state index in [1.165, 1.54) is 0 Å². The van der Waals surface area contributed by atoms with Gasteiger partial charge in [-0.05, 0) is 66.9 Å². The lowest BCUT2D eigenvalue weighted by Crippen LogP contribution is -2.59. The zero-order valence-electron chi connectivity index (χ0n) is 15.1. The molecule has 4 aliphatic carbocycles. The van der Waals surface area contributed by atoms with Gasteiger partial charge in [0.15, 0.2) is 11.4 Å². The van der Waals surface area contributed by atoms with Gasteiger partial charge in [0.05, 0.1) is 12.2 Å². The first kappa shape index (κ1) is 17.0. The van der Waals surface area contributed by atoms with Crippen LogP contribution in [0.5, 0.6) is 0 Å². The second-order valence-electron chi connectivity index (χ2n) is 9.25. The largest absolute Gasteiger partial charge is 0.393 e. The van der Waals surface area contributed by atoms with Crippen LogP contribution in [0.2, 0.25) is 0 Å². The lowest BCUT2D eigenvalue weighted by molar-refractivity contribution is -0.151. The van der Waals surface area contributed by atoms with Crippen LogP contribution in [0.15, 0.2) is 23.8 Å². The van der Waals surface area contributed by atoms with Crippen LogP contribution >= 0.6 is 0 Å². The van der Waals surface area contributed by atoms with Crippen molar-refractivity contribution in [2.24, 2.45) is 28.6 Å². The number of aliphatic hydroxyl groups is 2. The van der Waals surface area contributed by atoms with Crippen LogP contribution in [0.25, 0.3) is 0 Å². The fourth-order valence-corrected chi connectivity index (χ4v) is 6.89. The molecule has 25 heavy (non-hydrogen) atoms. The maximum Gasteiger partial charge on any atom is 0.156 e. The third-order valence-electron chi connectivity index (χ3n) is 8.20. The highest BCUT2D eigenvalue weighted by Gasteiger charge is 2.67. The Kier molecular flexibility index (Phi) is 3.43. The molecule has 0 aromatic rings. The predicted molar refractivity (Wildman–Crippen MR) is 93.2 cm³/mol. The first-order chi connectivity index (χ1) is 11.7. The summed E-state index contributed by atoms with van der Waals surface area (Å²) in [6.07, 6.45) is 4.95. The molecule has 0 aromatic carbocycles. The van der Waals surface area contributed by atoms with Crippen molar-refractivity contribution in [3.05, 3.63) is 23.8 Å². The normalized spacial score (nSPS) is 51.9. The van der Waals surface area contributed by atoms with Crippen LogP contribution in [0.3, 0.4) is 0 Å². The van der Waals surface area contributed by atoms with Crippen molar-refractivity contribution in [2.75, 3.05) is 0 Å². The lowest BCUT2D eigenvalue weighted by atomic mass is 9.45. The Morgan fingerprint density at radius 2 is 2.08 bits per heavy atom. The van der Waals surface area contributed by atoms with Crippen molar-refractivity contribution in [1.29, 1.82) is 5.26 Å². The fourth-order valence-electron chi connectivity index (χ4n) is 6.89. The molecule has 0 aromatic heterocycles. The average Bonchev–Trinajstić information content (AvgIpc) is 2.81. The molecule has 3 fully saturated rings. The van der Waals surface area contributed by atoms with Crippen molar-refractivity contribution >= 4 is 5.78 Å². The van der Waals surface area contributed by atoms with E-state index < -0.39 is 17.1 Å². The molecule has 0 radical (unpaired) electrons. The summed E-state index contributed by atoms with van der Waals surface area (Å²) in [5.41, 5.74) is -0.140. The highest BCUT2D eigenvalue weighted by Crippen LogP contribution is 2.67. The van der Waals surface area contributed by atoms with E-state index in [1.54, 1.807) is 6.08 Å². The Bertz CT molecular complexity index is 734. The summed E-state index contributed by atoms with van der Waals surface area (Å²) < 4.78 is 0. The van der Waals surface area contributed by atoms with E-state index in [0.717, 1.165) is 30.4 Å². The second-order valence-corrected chi connectivity index (χ2v) is 9.25. The van der Waals surface area contributed by atoms with Gasteiger partial charge in [-0.2, -0.15) is 5.26 Å². The second kappa shape index (κ2) is 5.05. The maximum atomic E-state index is 12.0. The number of nitrogens with zero attached hydrogens (tertiary/aromatic N) is 1. The van der Waals surface area contributed by atoms with Gasteiger partial charge in [-0.3, -0.25) is 4.79 Å². The van der Waals surface area contributed by atoms with E-state index in [0.29, 0.717) is 19.3 Å². The Morgan fingerprint density at radius 3 is 2.76 bits per heavy atom. The summed E-state index contributed by atoms with van der Waals surface area (Å²) in [6.45, 7) is 8.41. The standard InChI is InChI=1S/C21H27NO3/c1-12-8-14-15-5-7-21(25,11-22)20(15,3)10-17(24)18(14)19(2)6-4-13(23)9-16(12)19/h9,14-15,17-18,24-25H,1,4-8,10H2,2-3H3/t14-,15-,17?,18-,19-,20-,21?/m0/s1. The number of hydrogen-bond donors (Lipinski definition) is 2. The van der Waals surface area contributed by atoms with E-state index in [1.807, 2.05) is 6.92 Å². The number of carbonyl (C=O) groups excluding carboxylic acids is 1. The summed E-state index contributed by atoms with van der Waals surface area (Å²) in [5.74, 6) is 0.635. The summed E-state index contributed by atoms with van der Waals surface area (Å²) in [5, 5.41) is 31.6. The van der Waals surface area contributed by atoms with Crippen LogP contribution in [0.1, 0.15) is 52.4 Å². The topological polar surface area (TPSA) is 81.3 Å². The molecule has 4 rings (SSSR count). The predicted octanol–water partition coefficient (Wildman–Crippen LogP) is 2.91. The molecular weight excluding hydrogens is 314 g/mol. The molecule has 0 amide bonds. The van der Waals surface area contributed by atoms with Crippen molar-refractivity contribution < 1.29 is 15.0 Å². The molecular formula is C21H27NO3. The van der Waals surface area contributed by atoms with Crippen LogP contribution < -0.4 is 0 Å². The van der Waals surface area contributed by atoms with Gasteiger partial charge in [-0.1, -0.05) is 26.0 Å². The summed E-state index contributed by atoms with van der Waals surface area (Å²) >= 11 is 0. The van der Waals surface area contributed by atoms with Crippen LogP contribution in [-0.2, 0) is 4.79 Å². The Balaban J connectivity index is 1.81. The number of allylic oxidation sites excluding steroid dienone is 2. The minimum Gasteiger partial charge on any atom is -0.393 e. The van der Waals surface area contributed by atoms with Crippen LogP contribution in [0.4, 0.5) is 0 Å². The van der Waals surface area contributed by atoms with Gasteiger partial charge < -0.3 is 10.2 Å². The number of nitriles is 1. The van der Waals surface area contributed by atoms with Gasteiger partial charge in [0.25, 0.3) is 0 Å². The fraction of sp³-hybridized carbons (Fsp3) is 0.714. The minimum atomic E-state index is -1.36. The smallest absolute Gasteiger partial charge is 0.156 e. The van der Waals surface area contributed by atoms with Gasteiger partial charge in [0.2, 0.25) is 0 Å². The molecule has 4 aliphatic rings. The van der Waals surface area contributed by atoms with E-state index >= 15 is 0 Å². The van der Waals surface area contributed by atoms with E-state index in [4.69, 9.17) is 0 Å². The first-order valence-electron chi connectivity index (χ1n) is 9.41. The Hall–Kier alpha value is -1.44. The lowest BCUT2D eigenvalue weighted by Gasteiger charge is -2.60. The Labute approximate surface area is 149 Å². The quantitative estimate of drug-likeness (QED) is 0.664. The zero-order chi connectivity index (χ0) is 18.2. The molecule has 2 unspecified atom stereocenters. The highest BCUT2D eigenvalue weighted by molar-refractivity contribution is 5.92. The molecule has 0 aliphatic heterocycles. The van der Waals surface area contributed by atoms with E-state index in [2.05, 4.69) is 19.6 Å². The van der Waals surface area contributed by atoms with Crippen LogP contribution in [-0.4, -0.2) is 27.7 Å². The number of ketones is 1. The van der Waals surface area contributed by atoms with E-state index in [9.17, 15) is 20.3 Å². The van der Waals surface area contributed by atoms with Gasteiger partial charge in [0, 0.05) is 11.8 Å². The first-order valence-corrected chi connectivity index (χ1v) is 9.41. The summed E-state index contributed by atoms with van der Waals surface area (Å²) in [7, 11) is 0. The maximum absolute atomic E-state index is 12.0. The third kappa shape index (κ3) is 1.97. The molecule has 2 N–H and O–H groups in total.